The average Bonchev–Trinajstić information content (AvgIpc) is 2.93. The molecular weight excluding hydrogens is 366 g/mol. The number of urea groups is 1. The Labute approximate surface area is 170 Å². The van der Waals surface area contributed by atoms with Crippen LogP contribution in [0.4, 0.5) is 4.79 Å². The number of hydrogen-bond donors (Lipinski definition) is 2. The second-order valence-electron chi connectivity index (χ2n) is 8.41. The fourth-order valence-electron chi connectivity index (χ4n) is 4.61. The lowest BCUT2D eigenvalue weighted by atomic mass is 9.86. The number of imide groups is 1. The van der Waals surface area contributed by atoms with E-state index in [2.05, 4.69) is 17.6 Å². The zero-order chi connectivity index (χ0) is 20.6. The lowest BCUT2D eigenvalue weighted by molar-refractivity contribution is -0.135. The van der Waals surface area contributed by atoms with Crippen LogP contribution in [0.5, 0.6) is 0 Å². The van der Waals surface area contributed by atoms with Crippen molar-refractivity contribution in [1.82, 2.24) is 15.5 Å². The molecule has 1 saturated carbocycles. The first-order chi connectivity index (χ1) is 13.9. The predicted octanol–water partition coefficient (Wildman–Crippen LogP) is 3.30. The SMILES string of the molecule is CC1CCCCC1NC(=O)CN1C(=O)NC(C)(c2cccc3ccccc23)C1=O. The van der Waals surface area contributed by atoms with Crippen molar-refractivity contribution in [3.8, 4) is 0 Å². The van der Waals surface area contributed by atoms with Crippen molar-refractivity contribution in [3.05, 3.63) is 48.0 Å². The standard InChI is InChI=1S/C23H27N3O3/c1-15-8-3-6-13-19(15)24-20(27)14-26-21(28)23(2,25-22(26)29)18-12-7-10-16-9-4-5-11-17(16)18/h4-5,7,9-12,15,19H,3,6,8,13-14H2,1-2H3,(H,24,27)(H,25,29). The Hall–Kier alpha value is -2.89. The Balaban J connectivity index is 1.54. The van der Waals surface area contributed by atoms with E-state index in [-0.39, 0.29) is 18.5 Å². The highest BCUT2D eigenvalue weighted by molar-refractivity contribution is 6.10. The Morgan fingerprint density at radius 3 is 2.66 bits per heavy atom. The predicted molar refractivity (Wildman–Crippen MR) is 111 cm³/mol. The smallest absolute Gasteiger partial charge is 0.325 e. The minimum absolute atomic E-state index is 0.112. The maximum atomic E-state index is 13.2. The van der Waals surface area contributed by atoms with Gasteiger partial charge < -0.3 is 10.6 Å². The topological polar surface area (TPSA) is 78.5 Å². The van der Waals surface area contributed by atoms with Crippen LogP contribution in [-0.4, -0.2) is 35.3 Å². The Morgan fingerprint density at radius 2 is 1.86 bits per heavy atom. The third kappa shape index (κ3) is 3.48. The van der Waals surface area contributed by atoms with Gasteiger partial charge in [-0.2, -0.15) is 0 Å². The fraction of sp³-hybridized carbons (Fsp3) is 0.435. The van der Waals surface area contributed by atoms with Crippen molar-refractivity contribution in [2.24, 2.45) is 5.92 Å². The molecule has 2 aromatic carbocycles. The molecule has 4 rings (SSSR count). The molecule has 2 N–H and O–H groups in total. The molecule has 29 heavy (non-hydrogen) atoms. The van der Waals surface area contributed by atoms with Crippen molar-refractivity contribution in [2.75, 3.05) is 6.54 Å². The third-order valence-corrected chi connectivity index (χ3v) is 6.36. The summed E-state index contributed by atoms with van der Waals surface area (Å²) in [5.41, 5.74) is -0.464. The molecule has 6 heteroatoms. The molecule has 0 bridgehead atoms. The van der Waals surface area contributed by atoms with Crippen LogP contribution in [0.25, 0.3) is 10.8 Å². The van der Waals surface area contributed by atoms with E-state index < -0.39 is 17.5 Å². The maximum absolute atomic E-state index is 13.2. The van der Waals surface area contributed by atoms with Gasteiger partial charge in [-0.25, -0.2) is 4.79 Å². The summed E-state index contributed by atoms with van der Waals surface area (Å²) in [6.07, 6.45) is 4.31. The third-order valence-electron chi connectivity index (χ3n) is 6.36. The molecule has 1 saturated heterocycles. The van der Waals surface area contributed by atoms with E-state index in [4.69, 9.17) is 0 Å². The molecule has 0 radical (unpaired) electrons. The number of hydrogen-bond acceptors (Lipinski definition) is 3. The summed E-state index contributed by atoms with van der Waals surface area (Å²) >= 11 is 0. The molecule has 0 spiro atoms. The normalized spacial score (nSPS) is 27.2. The highest BCUT2D eigenvalue weighted by Gasteiger charge is 2.50. The molecule has 3 unspecified atom stereocenters. The van der Waals surface area contributed by atoms with Crippen LogP contribution in [0.1, 0.15) is 45.1 Å². The summed E-state index contributed by atoms with van der Waals surface area (Å²) < 4.78 is 0. The summed E-state index contributed by atoms with van der Waals surface area (Å²) in [7, 11) is 0. The van der Waals surface area contributed by atoms with E-state index in [1.807, 2.05) is 42.5 Å². The molecular formula is C23H27N3O3. The van der Waals surface area contributed by atoms with Gasteiger partial charge in [-0.05, 0) is 42.0 Å². The van der Waals surface area contributed by atoms with Gasteiger partial charge in [0, 0.05) is 6.04 Å². The molecule has 2 fully saturated rings. The minimum atomic E-state index is -1.20. The van der Waals surface area contributed by atoms with Gasteiger partial charge in [0.15, 0.2) is 0 Å². The van der Waals surface area contributed by atoms with Crippen LogP contribution in [-0.2, 0) is 15.1 Å². The van der Waals surface area contributed by atoms with Crippen LogP contribution in [0.15, 0.2) is 42.5 Å². The second kappa shape index (κ2) is 7.50. The van der Waals surface area contributed by atoms with Gasteiger partial charge in [-0.1, -0.05) is 62.2 Å². The van der Waals surface area contributed by atoms with Gasteiger partial charge in [0.25, 0.3) is 5.91 Å². The Bertz CT molecular complexity index is 967. The first-order valence-corrected chi connectivity index (χ1v) is 10.3. The van der Waals surface area contributed by atoms with E-state index in [0.717, 1.165) is 40.5 Å². The van der Waals surface area contributed by atoms with E-state index >= 15 is 0 Å². The number of rotatable bonds is 4. The molecule has 2 aromatic rings. The summed E-state index contributed by atoms with van der Waals surface area (Å²) in [6, 6.07) is 13.0. The van der Waals surface area contributed by atoms with Crippen molar-refractivity contribution in [2.45, 2.75) is 51.1 Å². The van der Waals surface area contributed by atoms with Crippen LogP contribution < -0.4 is 10.6 Å². The number of nitrogens with zero attached hydrogens (tertiary/aromatic N) is 1. The van der Waals surface area contributed by atoms with Gasteiger partial charge in [0.05, 0.1) is 0 Å². The van der Waals surface area contributed by atoms with Crippen LogP contribution in [0.2, 0.25) is 0 Å². The molecule has 6 nitrogen and oxygen atoms in total. The molecule has 1 aliphatic heterocycles. The highest BCUT2D eigenvalue weighted by Crippen LogP contribution is 2.33. The number of benzene rings is 2. The zero-order valence-electron chi connectivity index (χ0n) is 16.9. The van der Waals surface area contributed by atoms with E-state index in [0.29, 0.717) is 5.92 Å². The first kappa shape index (κ1) is 19.4. The molecule has 3 atom stereocenters. The fourth-order valence-corrected chi connectivity index (χ4v) is 4.61. The molecule has 1 heterocycles. The number of amides is 4. The zero-order valence-corrected chi connectivity index (χ0v) is 16.9. The molecule has 152 valence electrons. The summed E-state index contributed by atoms with van der Waals surface area (Å²) in [5, 5.41) is 7.74. The van der Waals surface area contributed by atoms with Crippen molar-refractivity contribution in [3.63, 3.8) is 0 Å². The molecule has 0 aromatic heterocycles. The Kier molecular flexibility index (Phi) is 5.03. The molecule has 4 amide bonds. The summed E-state index contributed by atoms with van der Waals surface area (Å²) in [6.45, 7) is 3.58. The lowest BCUT2D eigenvalue weighted by Gasteiger charge is -2.30. The number of fused-ring (bicyclic) bond motifs is 1. The van der Waals surface area contributed by atoms with E-state index in [1.54, 1.807) is 6.92 Å². The van der Waals surface area contributed by atoms with Crippen molar-refractivity contribution < 1.29 is 14.4 Å². The number of nitrogens with one attached hydrogen (secondary N) is 2. The quantitative estimate of drug-likeness (QED) is 0.783. The van der Waals surface area contributed by atoms with E-state index in [1.165, 1.54) is 6.42 Å². The van der Waals surface area contributed by atoms with Gasteiger partial charge in [0.2, 0.25) is 5.91 Å². The largest absolute Gasteiger partial charge is 0.352 e. The highest BCUT2D eigenvalue weighted by atomic mass is 16.2. The summed E-state index contributed by atoms with van der Waals surface area (Å²) in [5.74, 6) is -0.267. The van der Waals surface area contributed by atoms with Crippen molar-refractivity contribution >= 4 is 28.6 Å². The number of carbonyl (C=O) groups is 3. The van der Waals surface area contributed by atoms with Crippen LogP contribution in [0, 0.1) is 5.92 Å². The van der Waals surface area contributed by atoms with Gasteiger partial charge >= 0.3 is 6.03 Å². The molecule has 1 aliphatic carbocycles. The van der Waals surface area contributed by atoms with Crippen LogP contribution in [0.3, 0.4) is 0 Å². The lowest BCUT2D eigenvalue weighted by Crippen LogP contribution is -2.47. The van der Waals surface area contributed by atoms with Crippen molar-refractivity contribution in [1.29, 1.82) is 0 Å². The van der Waals surface area contributed by atoms with Gasteiger partial charge in [-0.15, -0.1) is 0 Å². The average molecular weight is 393 g/mol. The molecule has 2 aliphatic rings. The Morgan fingerprint density at radius 1 is 1.14 bits per heavy atom. The number of carbonyl (C=O) groups excluding carboxylic acids is 3. The van der Waals surface area contributed by atoms with Gasteiger partial charge in [-0.3, -0.25) is 14.5 Å². The van der Waals surface area contributed by atoms with Crippen LogP contribution >= 0.6 is 0 Å². The minimum Gasteiger partial charge on any atom is -0.352 e. The second-order valence-corrected chi connectivity index (χ2v) is 8.41. The van der Waals surface area contributed by atoms with Gasteiger partial charge in [0.1, 0.15) is 12.1 Å². The summed E-state index contributed by atoms with van der Waals surface area (Å²) in [4.78, 5) is 39.5. The first-order valence-electron chi connectivity index (χ1n) is 10.3. The maximum Gasteiger partial charge on any atom is 0.325 e. The monoisotopic (exact) mass is 393 g/mol. The van der Waals surface area contributed by atoms with E-state index in [9.17, 15) is 14.4 Å².